The number of carbonyl (C=O) groups excluding carboxylic acids is 1. The van der Waals surface area contributed by atoms with Gasteiger partial charge in [-0.05, 0) is 44.0 Å². The third-order valence-electron chi connectivity index (χ3n) is 5.37. The van der Waals surface area contributed by atoms with Gasteiger partial charge in [-0.25, -0.2) is 0 Å². The zero-order valence-electron chi connectivity index (χ0n) is 16.4. The van der Waals surface area contributed by atoms with Gasteiger partial charge in [0.2, 0.25) is 5.91 Å². The Morgan fingerprint density at radius 1 is 1.00 bits per heavy atom. The zero-order chi connectivity index (χ0) is 19.4. The highest BCUT2D eigenvalue weighted by molar-refractivity contribution is 5.94. The summed E-state index contributed by atoms with van der Waals surface area (Å²) in [5.74, 6) is 0.108. The van der Waals surface area contributed by atoms with Crippen LogP contribution < -0.4 is 5.43 Å². The maximum Gasteiger partial charge on any atom is 0.242 e. The Morgan fingerprint density at radius 2 is 1.56 bits per heavy atom. The molecule has 0 aliphatic heterocycles. The van der Waals surface area contributed by atoms with Crippen molar-refractivity contribution in [3.05, 3.63) is 58.8 Å². The number of aromatic nitrogens is 1. The smallest absolute Gasteiger partial charge is 0.242 e. The summed E-state index contributed by atoms with van der Waals surface area (Å²) in [4.78, 5) is 28.1. The van der Waals surface area contributed by atoms with Crippen LogP contribution in [0.5, 0.6) is 0 Å². The maximum absolute atomic E-state index is 13.2. The van der Waals surface area contributed by atoms with E-state index in [1.165, 1.54) is 0 Å². The number of carbonyl (C=O) groups is 1. The van der Waals surface area contributed by atoms with Crippen molar-refractivity contribution in [3.8, 4) is 0 Å². The minimum atomic E-state index is 0.0228. The SMILES string of the molecule is CCCCN(C(=O)Cn1c2ccccc2c(=O)c2ccccc21)C(C)CC. The summed E-state index contributed by atoms with van der Waals surface area (Å²) in [7, 11) is 0. The second-order valence-electron chi connectivity index (χ2n) is 7.15. The lowest BCUT2D eigenvalue weighted by Crippen LogP contribution is -2.41. The summed E-state index contributed by atoms with van der Waals surface area (Å²) >= 11 is 0. The maximum atomic E-state index is 13.2. The number of fused-ring (bicyclic) bond motifs is 2. The molecule has 4 heteroatoms. The highest BCUT2D eigenvalue weighted by atomic mass is 16.2. The van der Waals surface area contributed by atoms with Gasteiger partial charge in [0.1, 0.15) is 6.54 Å². The first-order valence-electron chi connectivity index (χ1n) is 9.88. The van der Waals surface area contributed by atoms with Crippen molar-refractivity contribution < 1.29 is 4.79 Å². The highest BCUT2D eigenvalue weighted by Gasteiger charge is 2.20. The van der Waals surface area contributed by atoms with Gasteiger partial charge in [-0.1, -0.05) is 44.5 Å². The van der Waals surface area contributed by atoms with Gasteiger partial charge in [0.25, 0.3) is 0 Å². The molecule has 0 saturated carbocycles. The molecule has 0 N–H and O–H groups in total. The van der Waals surface area contributed by atoms with Crippen molar-refractivity contribution in [2.75, 3.05) is 6.54 Å². The van der Waals surface area contributed by atoms with Crippen molar-refractivity contribution in [1.29, 1.82) is 0 Å². The van der Waals surface area contributed by atoms with Crippen LogP contribution in [0.25, 0.3) is 21.8 Å². The van der Waals surface area contributed by atoms with Gasteiger partial charge < -0.3 is 9.47 Å². The van der Waals surface area contributed by atoms with Gasteiger partial charge in [0.15, 0.2) is 5.43 Å². The third-order valence-corrected chi connectivity index (χ3v) is 5.37. The number of para-hydroxylation sites is 2. The Morgan fingerprint density at radius 3 is 2.07 bits per heavy atom. The van der Waals surface area contributed by atoms with E-state index >= 15 is 0 Å². The summed E-state index contributed by atoms with van der Waals surface area (Å²) in [6.07, 6.45) is 2.99. The molecule has 3 aromatic rings. The Hall–Kier alpha value is -2.62. The fraction of sp³-hybridized carbons (Fsp3) is 0.391. The molecule has 0 radical (unpaired) electrons. The normalized spacial score (nSPS) is 12.4. The fourth-order valence-electron chi connectivity index (χ4n) is 3.61. The molecule has 2 aromatic carbocycles. The number of hydrogen-bond acceptors (Lipinski definition) is 2. The first-order chi connectivity index (χ1) is 13.1. The predicted octanol–water partition coefficient (Wildman–Crippen LogP) is 4.58. The molecule has 27 heavy (non-hydrogen) atoms. The van der Waals surface area contributed by atoms with E-state index in [4.69, 9.17) is 0 Å². The average molecular weight is 364 g/mol. The zero-order valence-corrected chi connectivity index (χ0v) is 16.4. The van der Waals surface area contributed by atoms with Crippen LogP contribution in [0.15, 0.2) is 53.3 Å². The van der Waals surface area contributed by atoms with Gasteiger partial charge in [-0.2, -0.15) is 0 Å². The number of hydrogen-bond donors (Lipinski definition) is 0. The first kappa shape index (κ1) is 19.2. The van der Waals surface area contributed by atoms with Crippen LogP contribution in [0.1, 0.15) is 40.0 Å². The largest absolute Gasteiger partial charge is 0.338 e. The van der Waals surface area contributed by atoms with E-state index < -0.39 is 0 Å². The summed E-state index contributed by atoms with van der Waals surface area (Å²) in [6.45, 7) is 7.38. The van der Waals surface area contributed by atoms with E-state index in [9.17, 15) is 9.59 Å². The Bertz CT molecular complexity index is 946. The summed E-state index contributed by atoms with van der Waals surface area (Å²) in [5.41, 5.74) is 1.65. The van der Waals surface area contributed by atoms with E-state index in [2.05, 4.69) is 20.8 Å². The molecule has 1 amide bonds. The molecule has 3 rings (SSSR count). The third kappa shape index (κ3) is 3.75. The van der Waals surface area contributed by atoms with Gasteiger partial charge in [-0.15, -0.1) is 0 Å². The topological polar surface area (TPSA) is 42.3 Å². The molecular weight excluding hydrogens is 336 g/mol. The molecule has 0 spiro atoms. The number of benzene rings is 2. The molecule has 1 unspecified atom stereocenters. The standard InChI is InChI=1S/C23H28N2O2/c1-4-6-15-24(17(3)5-2)22(26)16-25-20-13-9-7-11-18(20)23(27)19-12-8-10-14-21(19)25/h7-14,17H,4-6,15-16H2,1-3H3. The molecule has 1 atom stereocenters. The van der Waals surface area contributed by atoms with Crippen LogP contribution in [-0.2, 0) is 11.3 Å². The molecule has 142 valence electrons. The number of amides is 1. The van der Waals surface area contributed by atoms with Gasteiger partial charge in [0, 0.05) is 23.4 Å². The Labute approximate surface area is 160 Å². The first-order valence-corrected chi connectivity index (χ1v) is 9.88. The van der Waals surface area contributed by atoms with Crippen LogP contribution in [0.3, 0.4) is 0 Å². The fourth-order valence-corrected chi connectivity index (χ4v) is 3.61. The second kappa shape index (κ2) is 8.38. The van der Waals surface area contributed by atoms with Crippen molar-refractivity contribution >= 4 is 27.7 Å². The molecular formula is C23H28N2O2. The molecule has 4 nitrogen and oxygen atoms in total. The van der Waals surface area contributed by atoms with Crippen LogP contribution in [0, 0.1) is 0 Å². The second-order valence-corrected chi connectivity index (χ2v) is 7.15. The van der Waals surface area contributed by atoms with Gasteiger partial charge in [-0.3, -0.25) is 9.59 Å². The summed E-state index contributed by atoms with van der Waals surface area (Å²) < 4.78 is 2.00. The van der Waals surface area contributed by atoms with Gasteiger partial charge in [0.05, 0.1) is 11.0 Å². The lowest BCUT2D eigenvalue weighted by atomic mass is 10.1. The van der Waals surface area contributed by atoms with Crippen molar-refractivity contribution in [1.82, 2.24) is 9.47 Å². The van der Waals surface area contributed by atoms with Crippen molar-refractivity contribution in [3.63, 3.8) is 0 Å². The van der Waals surface area contributed by atoms with Crippen molar-refractivity contribution in [2.45, 2.75) is 52.6 Å². The molecule has 0 aliphatic rings. The van der Waals surface area contributed by atoms with Gasteiger partial charge >= 0.3 is 0 Å². The number of rotatable bonds is 7. The lowest BCUT2D eigenvalue weighted by molar-refractivity contribution is -0.133. The van der Waals surface area contributed by atoms with Crippen molar-refractivity contribution in [2.24, 2.45) is 0 Å². The van der Waals surface area contributed by atoms with Crippen LogP contribution >= 0.6 is 0 Å². The summed E-state index contributed by atoms with van der Waals surface area (Å²) in [6, 6.07) is 15.3. The number of nitrogens with zero attached hydrogens (tertiary/aromatic N) is 2. The Balaban J connectivity index is 2.11. The van der Waals surface area contributed by atoms with E-state index in [1.807, 2.05) is 58.0 Å². The van der Waals surface area contributed by atoms with E-state index in [1.54, 1.807) is 0 Å². The molecule has 0 aliphatic carbocycles. The van der Waals surface area contributed by atoms with Crippen LogP contribution in [0.4, 0.5) is 0 Å². The Kier molecular flexibility index (Phi) is 5.94. The summed E-state index contributed by atoms with van der Waals surface area (Å²) in [5, 5.41) is 1.32. The quantitative estimate of drug-likeness (QED) is 0.576. The van der Waals surface area contributed by atoms with E-state index in [0.717, 1.165) is 36.8 Å². The molecule has 0 bridgehead atoms. The molecule has 1 heterocycles. The molecule has 0 saturated heterocycles. The van der Waals surface area contributed by atoms with E-state index in [0.29, 0.717) is 10.8 Å². The van der Waals surface area contributed by atoms with Crippen LogP contribution in [-0.4, -0.2) is 28.0 Å². The monoisotopic (exact) mass is 364 g/mol. The lowest BCUT2D eigenvalue weighted by Gasteiger charge is -2.29. The number of pyridine rings is 1. The van der Waals surface area contributed by atoms with Crippen LogP contribution in [0.2, 0.25) is 0 Å². The minimum absolute atomic E-state index is 0.0228. The minimum Gasteiger partial charge on any atom is -0.338 e. The van der Waals surface area contributed by atoms with E-state index in [-0.39, 0.29) is 23.9 Å². The molecule has 0 fully saturated rings. The predicted molar refractivity (Wildman–Crippen MR) is 112 cm³/mol. The number of unbranched alkanes of at least 4 members (excludes halogenated alkanes) is 1. The highest BCUT2D eigenvalue weighted by Crippen LogP contribution is 2.20. The molecule has 1 aromatic heterocycles. The average Bonchev–Trinajstić information content (AvgIpc) is 2.71.